The number of hydrogen-bond donors (Lipinski definition) is 1. The summed E-state index contributed by atoms with van der Waals surface area (Å²) in [5.41, 5.74) is 2.61. The molecule has 1 saturated carbocycles. The van der Waals surface area contributed by atoms with E-state index in [2.05, 4.69) is 56.1 Å². The Morgan fingerprint density at radius 2 is 2.05 bits per heavy atom. The van der Waals surface area contributed by atoms with Gasteiger partial charge < -0.3 is 5.32 Å². The van der Waals surface area contributed by atoms with Crippen molar-refractivity contribution < 1.29 is 0 Å². The van der Waals surface area contributed by atoms with Crippen LogP contribution in [0.25, 0.3) is 5.52 Å². The van der Waals surface area contributed by atoms with Gasteiger partial charge in [0.05, 0.1) is 5.69 Å². The monoisotopic (exact) mass is 258 g/mol. The second-order valence-electron chi connectivity index (χ2n) is 7.27. The molecule has 2 aromatic heterocycles. The van der Waals surface area contributed by atoms with Gasteiger partial charge in [0.15, 0.2) is 5.82 Å². The molecule has 0 radical (unpaired) electrons. The van der Waals surface area contributed by atoms with Gasteiger partial charge in [-0.25, -0.2) is 9.50 Å². The minimum Gasteiger partial charge on any atom is -0.365 e. The Kier molecular flexibility index (Phi) is 2.43. The Labute approximate surface area is 114 Å². The maximum atomic E-state index is 4.65. The molecule has 0 aromatic carbocycles. The zero-order valence-electron chi connectivity index (χ0n) is 12.4. The lowest BCUT2D eigenvalue weighted by molar-refractivity contribution is 0.562. The fourth-order valence-corrected chi connectivity index (χ4v) is 2.28. The van der Waals surface area contributed by atoms with Gasteiger partial charge in [0.1, 0.15) is 5.52 Å². The number of nitrogens with one attached hydrogen (secondary N) is 1. The van der Waals surface area contributed by atoms with Gasteiger partial charge in [-0.3, -0.25) is 0 Å². The molecule has 0 bridgehead atoms. The third-order valence-electron chi connectivity index (χ3n) is 3.98. The Bertz CT molecular complexity index is 619. The predicted octanol–water partition coefficient (Wildman–Crippen LogP) is 3.24. The number of nitrogens with zero attached hydrogens (tertiary/aromatic N) is 3. The standard InChI is InChI=1S/C15H22N4/c1-14(2,3)11-8-10-13(16-6-7-19(10)18-11)17-12-9-15(12,4)5/h6-8,12H,9H2,1-5H3,(H,16,17). The molecule has 2 heterocycles. The van der Waals surface area contributed by atoms with Gasteiger partial charge in [-0.1, -0.05) is 34.6 Å². The summed E-state index contributed by atoms with van der Waals surface area (Å²) >= 11 is 0. The SMILES string of the molecule is CC(C)(C)c1cc2c(NC3CC3(C)C)nccn2n1. The van der Waals surface area contributed by atoms with E-state index in [1.807, 2.05) is 16.9 Å². The highest BCUT2D eigenvalue weighted by atomic mass is 15.2. The van der Waals surface area contributed by atoms with E-state index >= 15 is 0 Å². The van der Waals surface area contributed by atoms with Crippen LogP contribution in [0.15, 0.2) is 18.5 Å². The molecule has 19 heavy (non-hydrogen) atoms. The van der Waals surface area contributed by atoms with E-state index in [0.29, 0.717) is 11.5 Å². The van der Waals surface area contributed by atoms with Crippen LogP contribution in [-0.4, -0.2) is 20.6 Å². The van der Waals surface area contributed by atoms with Crippen LogP contribution in [0, 0.1) is 5.41 Å². The van der Waals surface area contributed by atoms with Crippen molar-refractivity contribution in [2.24, 2.45) is 5.41 Å². The molecule has 1 unspecified atom stereocenters. The van der Waals surface area contributed by atoms with Crippen LogP contribution >= 0.6 is 0 Å². The molecule has 0 amide bonds. The largest absolute Gasteiger partial charge is 0.365 e. The van der Waals surface area contributed by atoms with E-state index in [4.69, 9.17) is 0 Å². The summed E-state index contributed by atoms with van der Waals surface area (Å²) in [6.45, 7) is 11.1. The van der Waals surface area contributed by atoms with Crippen LogP contribution in [0.1, 0.15) is 46.7 Å². The maximum Gasteiger partial charge on any atom is 0.152 e. The number of fused-ring (bicyclic) bond motifs is 1. The highest BCUT2D eigenvalue weighted by Crippen LogP contribution is 2.46. The second kappa shape index (κ2) is 3.71. The summed E-state index contributed by atoms with van der Waals surface area (Å²) < 4.78 is 1.92. The fraction of sp³-hybridized carbons (Fsp3) is 0.600. The van der Waals surface area contributed by atoms with E-state index in [-0.39, 0.29) is 5.41 Å². The Balaban J connectivity index is 1.99. The van der Waals surface area contributed by atoms with Gasteiger partial charge in [-0.2, -0.15) is 5.10 Å². The second-order valence-corrected chi connectivity index (χ2v) is 7.27. The van der Waals surface area contributed by atoms with Gasteiger partial charge in [0.2, 0.25) is 0 Å². The first-order valence-corrected chi connectivity index (χ1v) is 6.89. The summed E-state index contributed by atoms with van der Waals surface area (Å²) in [5, 5.41) is 8.19. The molecule has 102 valence electrons. The van der Waals surface area contributed by atoms with Gasteiger partial charge >= 0.3 is 0 Å². The number of rotatable bonds is 2. The molecular formula is C15H22N4. The molecule has 0 spiro atoms. The molecule has 4 heteroatoms. The molecule has 3 rings (SSSR count). The van der Waals surface area contributed by atoms with Crippen molar-refractivity contribution in [3.8, 4) is 0 Å². The van der Waals surface area contributed by atoms with Crippen LogP contribution in [0.2, 0.25) is 0 Å². The number of hydrogen-bond acceptors (Lipinski definition) is 3. The minimum absolute atomic E-state index is 0.0577. The average molecular weight is 258 g/mol. The molecule has 2 aromatic rings. The topological polar surface area (TPSA) is 42.2 Å². The molecule has 1 atom stereocenters. The molecule has 0 aliphatic heterocycles. The minimum atomic E-state index is 0.0577. The lowest BCUT2D eigenvalue weighted by Crippen LogP contribution is -2.11. The van der Waals surface area contributed by atoms with Crippen molar-refractivity contribution in [3.63, 3.8) is 0 Å². The van der Waals surface area contributed by atoms with E-state index in [0.717, 1.165) is 17.0 Å². The first-order chi connectivity index (χ1) is 8.77. The van der Waals surface area contributed by atoms with Crippen molar-refractivity contribution in [3.05, 3.63) is 24.2 Å². The smallest absolute Gasteiger partial charge is 0.152 e. The van der Waals surface area contributed by atoms with Crippen LogP contribution in [0.5, 0.6) is 0 Å². The molecule has 1 aliphatic rings. The van der Waals surface area contributed by atoms with E-state index in [1.165, 1.54) is 6.42 Å². The van der Waals surface area contributed by atoms with E-state index < -0.39 is 0 Å². The van der Waals surface area contributed by atoms with Gasteiger partial charge in [-0.15, -0.1) is 0 Å². The molecule has 0 saturated heterocycles. The molecule has 1 fully saturated rings. The number of aromatic nitrogens is 3. The van der Waals surface area contributed by atoms with Crippen molar-refractivity contribution in [2.75, 3.05) is 5.32 Å². The van der Waals surface area contributed by atoms with Crippen molar-refractivity contribution >= 4 is 11.3 Å². The van der Waals surface area contributed by atoms with E-state index in [1.54, 1.807) is 0 Å². The lowest BCUT2D eigenvalue weighted by Gasteiger charge is -2.13. The molecule has 1 N–H and O–H groups in total. The zero-order valence-corrected chi connectivity index (χ0v) is 12.4. The molecule has 4 nitrogen and oxygen atoms in total. The summed E-state index contributed by atoms with van der Waals surface area (Å²) in [6.07, 6.45) is 4.92. The van der Waals surface area contributed by atoms with Gasteiger partial charge in [0.25, 0.3) is 0 Å². The van der Waals surface area contributed by atoms with Crippen LogP contribution in [-0.2, 0) is 5.41 Å². The Morgan fingerprint density at radius 3 is 2.63 bits per heavy atom. The summed E-state index contributed by atoms with van der Waals surface area (Å²) in [4.78, 5) is 4.48. The quantitative estimate of drug-likeness (QED) is 0.899. The first-order valence-electron chi connectivity index (χ1n) is 6.89. The highest BCUT2D eigenvalue weighted by molar-refractivity contribution is 5.69. The molecular weight excluding hydrogens is 236 g/mol. The molecule has 1 aliphatic carbocycles. The normalized spacial score (nSPS) is 21.6. The van der Waals surface area contributed by atoms with Crippen LogP contribution in [0.4, 0.5) is 5.82 Å². The van der Waals surface area contributed by atoms with Crippen molar-refractivity contribution in [1.82, 2.24) is 14.6 Å². The summed E-state index contributed by atoms with van der Waals surface area (Å²) in [7, 11) is 0. The van der Waals surface area contributed by atoms with Crippen LogP contribution in [0.3, 0.4) is 0 Å². The van der Waals surface area contributed by atoms with Crippen molar-refractivity contribution in [1.29, 1.82) is 0 Å². The third-order valence-corrected chi connectivity index (χ3v) is 3.98. The average Bonchev–Trinajstić information content (AvgIpc) is 2.75. The first kappa shape index (κ1) is 12.5. The Hall–Kier alpha value is -1.58. The zero-order chi connectivity index (χ0) is 13.8. The van der Waals surface area contributed by atoms with Crippen molar-refractivity contribution in [2.45, 2.75) is 52.5 Å². The summed E-state index contributed by atoms with van der Waals surface area (Å²) in [5.74, 6) is 0.945. The third kappa shape index (κ3) is 2.20. The predicted molar refractivity (Wildman–Crippen MR) is 77.5 cm³/mol. The number of anilines is 1. The maximum absolute atomic E-state index is 4.65. The van der Waals surface area contributed by atoms with Gasteiger partial charge in [-0.05, 0) is 17.9 Å². The Morgan fingerprint density at radius 1 is 1.37 bits per heavy atom. The van der Waals surface area contributed by atoms with Gasteiger partial charge in [0, 0.05) is 23.9 Å². The fourth-order valence-electron chi connectivity index (χ4n) is 2.28. The lowest BCUT2D eigenvalue weighted by atomic mass is 9.92. The highest BCUT2D eigenvalue weighted by Gasteiger charge is 2.46. The summed E-state index contributed by atoms with van der Waals surface area (Å²) in [6, 6.07) is 2.67. The van der Waals surface area contributed by atoms with Crippen LogP contribution < -0.4 is 5.32 Å². The van der Waals surface area contributed by atoms with E-state index in [9.17, 15) is 0 Å².